The van der Waals surface area contributed by atoms with Crippen LogP contribution in [0.4, 0.5) is 26.2 Å². The molecule has 2 amide bonds. The molecule has 2 aromatic carbocycles. The molecule has 0 aromatic heterocycles. The van der Waals surface area contributed by atoms with E-state index in [-0.39, 0.29) is 40.0 Å². The number of rotatable bonds is 4. The number of anilines is 2. The Morgan fingerprint density at radius 2 is 1.97 bits per heavy atom. The third-order valence-corrected chi connectivity index (χ3v) is 5.39. The maximum absolute atomic E-state index is 15.7. The standard InChI is InChI=1S/C23H25ClFN5O5/c1-22(2,3)35-21(32)27-20-28-23(4,12-18(31)29(20)5)14-7-6-8-15(19(14)25)26-16-11-13(24)9-10-17(16)30(33)34/h6-11,26H,12H2,1-5H3,(H,27,28,32)/t23-/m0/s1. The molecule has 35 heavy (non-hydrogen) atoms. The van der Waals surface area contributed by atoms with Gasteiger partial charge in [0.05, 0.1) is 22.6 Å². The van der Waals surface area contributed by atoms with Gasteiger partial charge in [-0.25, -0.2) is 14.2 Å². The van der Waals surface area contributed by atoms with E-state index in [1.807, 2.05) is 0 Å². The van der Waals surface area contributed by atoms with Crippen LogP contribution in [0.3, 0.4) is 0 Å². The van der Waals surface area contributed by atoms with Crippen molar-refractivity contribution >= 4 is 46.6 Å². The normalized spacial score (nSPS) is 18.1. The smallest absolute Gasteiger partial charge is 0.414 e. The number of ether oxygens (including phenoxy) is 1. The van der Waals surface area contributed by atoms with E-state index >= 15 is 4.39 Å². The molecule has 0 unspecified atom stereocenters. The van der Waals surface area contributed by atoms with Crippen molar-refractivity contribution < 1.29 is 23.6 Å². The van der Waals surface area contributed by atoms with E-state index in [9.17, 15) is 19.7 Å². The van der Waals surface area contributed by atoms with Crippen molar-refractivity contribution in [1.29, 1.82) is 0 Å². The molecule has 0 bridgehead atoms. The first-order valence-corrected chi connectivity index (χ1v) is 10.9. The van der Waals surface area contributed by atoms with Crippen molar-refractivity contribution in [3.05, 3.63) is 62.9 Å². The van der Waals surface area contributed by atoms with Gasteiger partial charge in [0.25, 0.3) is 5.69 Å². The Labute approximate surface area is 206 Å². The van der Waals surface area contributed by atoms with Crippen LogP contribution < -0.4 is 10.6 Å². The first kappa shape index (κ1) is 25.9. The monoisotopic (exact) mass is 505 g/mol. The average molecular weight is 506 g/mol. The maximum atomic E-state index is 15.7. The fraction of sp³-hybridized carbons (Fsp3) is 0.348. The van der Waals surface area contributed by atoms with Gasteiger partial charge in [0.15, 0.2) is 5.82 Å². The van der Waals surface area contributed by atoms with E-state index in [0.717, 1.165) is 4.90 Å². The third kappa shape index (κ3) is 5.86. The molecule has 0 saturated carbocycles. The summed E-state index contributed by atoms with van der Waals surface area (Å²) in [5.74, 6) is -1.26. The minimum Gasteiger partial charge on any atom is -0.444 e. The summed E-state index contributed by atoms with van der Waals surface area (Å²) in [6.45, 7) is 6.61. The van der Waals surface area contributed by atoms with E-state index in [4.69, 9.17) is 16.3 Å². The average Bonchev–Trinajstić information content (AvgIpc) is 2.71. The number of carbonyl (C=O) groups is 2. The molecule has 0 radical (unpaired) electrons. The second kappa shape index (κ2) is 9.49. The second-order valence-corrected chi connectivity index (χ2v) is 9.61. The number of carbonyl (C=O) groups excluding carboxylic acids is 2. The van der Waals surface area contributed by atoms with Gasteiger partial charge in [-0.3, -0.25) is 25.1 Å². The summed E-state index contributed by atoms with van der Waals surface area (Å²) in [5, 5.41) is 16.8. The Bertz CT molecular complexity index is 1230. The number of nitrogens with zero attached hydrogens (tertiary/aromatic N) is 3. The molecule has 3 rings (SSSR count). The number of alkyl carbamates (subject to hydrolysis) is 1. The van der Waals surface area contributed by atoms with Gasteiger partial charge in [-0.15, -0.1) is 0 Å². The molecular formula is C23H25ClFN5O5. The van der Waals surface area contributed by atoms with Gasteiger partial charge in [-0.1, -0.05) is 23.7 Å². The quantitative estimate of drug-likeness (QED) is 0.440. The summed E-state index contributed by atoms with van der Waals surface area (Å²) in [5.41, 5.74) is -2.47. The number of amides is 2. The molecule has 1 aliphatic heterocycles. The first-order chi connectivity index (χ1) is 16.2. The summed E-state index contributed by atoms with van der Waals surface area (Å²) in [4.78, 5) is 41.4. The third-order valence-electron chi connectivity index (χ3n) is 5.16. The lowest BCUT2D eigenvalue weighted by molar-refractivity contribution is -0.383. The van der Waals surface area contributed by atoms with Gasteiger partial charge in [0.2, 0.25) is 11.9 Å². The molecule has 186 valence electrons. The molecule has 10 nitrogen and oxygen atoms in total. The van der Waals surface area contributed by atoms with E-state index in [2.05, 4.69) is 15.6 Å². The van der Waals surface area contributed by atoms with Gasteiger partial charge < -0.3 is 10.1 Å². The van der Waals surface area contributed by atoms with Crippen LogP contribution in [-0.4, -0.2) is 40.4 Å². The Hall–Kier alpha value is -3.73. The minimum absolute atomic E-state index is 0.000982. The molecular weight excluding hydrogens is 481 g/mol. The number of nitro benzene ring substituents is 1. The number of aliphatic imine (C=N–C) groups is 1. The van der Waals surface area contributed by atoms with Crippen molar-refractivity contribution in [2.45, 2.75) is 45.3 Å². The van der Waals surface area contributed by atoms with E-state index < -0.39 is 33.9 Å². The zero-order valence-electron chi connectivity index (χ0n) is 19.8. The van der Waals surface area contributed by atoms with Crippen LogP contribution in [0, 0.1) is 15.9 Å². The number of guanidine groups is 1. The Morgan fingerprint density at radius 3 is 2.60 bits per heavy atom. The summed E-state index contributed by atoms with van der Waals surface area (Å²) in [6.07, 6.45) is -0.995. The van der Waals surface area contributed by atoms with E-state index in [1.165, 1.54) is 43.4 Å². The summed E-state index contributed by atoms with van der Waals surface area (Å²) >= 11 is 5.97. The van der Waals surface area contributed by atoms with Crippen LogP contribution in [-0.2, 0) is 15.1 Å². The summed E-state index contributed by atoms with van der Waals surface area (Å²) < 4.78 is 20.9. The maximum Gasteiger partial charge on any atom is 0.414 e. The van der Waals surface area contributed by atoms with E-state index in [1.54, 1.807) is 27.7 Å². The zero-order chi connectivity index (χ0) is 26.1. The van der Waals surface area contributed by atoms with Gasteiger partial charge in [0, 0.05) is 23.7 Å². The molecule has 1 heterocycles. The van der Waals surface area contributed by atoms with Gasteiger partial charge in [-0.2, -0.15) is 0 Å². The summed E-state index contributed by atoms with van der Waals surface area (Å²) in [7, 11) is 1.44. The second-order valence-electron chi connectivity index (χ2n) is 9.18. The lowest BCUT2D eigenvalue weighted by Crippen LogP contribution is -2.52. The molecule has 0 spiro atoms. The number of nitro groups is 1. The number of hydrogen-bond acceptors (Lipinski definition) is 7. The first-order valence-electron chi connectivity index (χ1n) is 10.6. The SMILES string of the molecule is CN1C(=O)C[C@@](C)(c2cccc(Nc3cc(Cl)ccc3[N+](=O)[O-])c2F)N=C1NC(=O)OC(C)(C)C. The predicted molar refractivity (Wildman–Crippen MR) is 129 cm³/mol. The number of halogens is 2. The van der Waals surface area contributed by atoms with Crippen LogP contribution >= 0.6 is 11.6 Å². The fourth-order valence-electron chi connectivity index (χ4n) is 3.50. The lowest BCUT2D eigenvalue weighted by atomic mass is 9.87. The fourth-order valence-corrected chi connectivity index (χ4v) is 3.67. The molecule has 0 saturated heterocycles. The minimum atomic E-state index is -1.38. The Morgan fingerprint density at radius 1 is 1.29 bits per heavy atom. The number of benzene rings is 2. The summed E-state index contributed by atoms with van der Waals surface area (Å²) in [6, 6.07) is 8.27. The van der Waals surface area contributed by atoms with Crippen LogP contribution in [0.25, 0.3) is 0 Å². The Balaban J connectivity index is 2.00. The zero-order valence-corrected chi connectivity index (χ0v) is 20.6. The lowest BCUT2D eigenvalue weighted by Gasteiger charge is -2.35. The highest BCUT2D eigenvalue weighted by Gasteiger charge is 2.40. The van der Waals surface area contributed by atoms with Crippen molar-refractivity contribution in [1.82, 2.24) is 10.2 Å². The number of nitrogens with one attached hydrogen (secondary N) is 2. The highest BCUT2D eigenvalue weighted by molar-refractivity contribution is 6.31. The largest absolute Gasteiger partial charge is 0.444 e. The highest BCUT2D eigenvalue weighted by atomic mass is 35.5. The van der Waals surface area contributed by atoms with Gasteiger partial charge in [0.1, 0.15) is 11.3 Å². The van der Waals surface area contributed by atoms with Crippen molar-refractivity contribution in [3.8, 4) is 0 Å². The highest BCUT2D eigenvalue weighted by Crippen LogP contribution is 2.38. The topological polar surface area (TPSA) is 126 Å². The van der Waals surface area contributed by atoms with E-state index in [0.29, 0.717) is 0 Å². The number of hydrogen-bond donors (Lipinski definition) is 2. The molecule has 12 heteroatoms. The molecule has 1 atom stereocenters. The van der Waals surface area contributed by atoms with Gasteiger partial charge in [-0.05, 0) is 45.9 Å². The van der Waals surface area contributed by atoms with Crippen LogP contribution in [0.15, 0.2) is 41.4 Å². The molecule has 0 fully saturated rings. The van der Waals surface area contributed by atoms with Crippen LogP contribution in [0.5, 0.6) is 0 Å². The Kier molecular flexibility index (Phi) is 7.02. The van der Waals surface area contributed by atoms with Crippen molar-refractivity contribution in [2.75, 3.05) is 12.4 Å². The predicted octanol–water partition coefficient (Wildman–Crippen LogP) is 5.09. The van der Waals surface area contributed by atoms with Crippen LogP contribution in [0.2, 0.25) is 5.02 Å². The molecule has 0 aliphatic carbocycles. The van der Waals surface area contributed by atoms with Crippen LogP contribution in [0.1, 0.15) is 39.7 Å². The molecule has 2 N–H and O–H groups in total. The molecule has 1 aliphatic rings. The van der Waals surface area contributed by atoms with Crippen molar-refractivity contribution in [3.63, 3.8) is 0 Å². The van der Waals surface area contributed by atoms with Crippen molar-refractivity contribution in [2.24, 2.45) is 4.99 Å². The van der Waals surface area contributed by atoms with Gasteiger partial charge >= 0.3 is 6.09 Å². The molecule has 2 aromatic rings.